The number of nitrogens with two attached hydrogens (primary N) is 1. The van der Waals surface area contributed by atoms with Crippen LogP contribution in [0.2, 0.25) is 0 Å². The van der Waals surface area contributed by atoms with Crippen LogP contribution in [0.15, 0.2) is 0 Å². The van der Waals surface area contributed by atoms with E-state index in [9.17, 15) is 9.59 Å². The maximum Gasteiger partial charge on any atom is 0.253 e. The molecule has 6 heteroatoms. The van der Waals surface area contributed by atoms with Gasteiger partial charge >= 0.3 is 0 Å². The predicted molar refractivity (Wildman–Crippen MR) is 54.1 cm³/mol. The highest BCUT2D eigenvalue weighted by atomic mass is 16.5. The van der Waals surface area contributed by atoms with E-state index in [0.29, 0.717) is 26.1 Å². The molecule has 0 aliphatic carbocycles. The molecule has 1 rings (SSSR count). The Morgan fingerprint density at radius 2 is 2.40 bits per heavy atom. The number of methoxy groups -OCH3 is 1. The lowest BCUT2D eigenvalue weighted by Crippen LogP contribution is -2.45. The highest BCUT2D eigenvalue weighted by Gasteiger charge is 2.24. The molecule has 0 aromatic heterocycles. The van der Waals surface area contributed by atoms with Gasteiger partial charge in [-0.2, -0.15) is 0 Å². The van der Waals surface area contributed by atoms with Gasteiger partial charge in [-0.3, -0.25) is 9.59 Å². The molecule has 0 radical (unpaired) electrons. The van der Waals surface area contributed by atoms with E-state index in [1.54, 1.807) is 4.90 Å². The molecule has 0 aromatic carbocycles. The smallest absolute Gasteiger partial charge is 0.253 e. The molecule has 0 bridgehead atoms. The summed E-state index contributed by atoms with van der Waals surface area (Å²) < 4.78 is 4.96. The zero-order valence-corrected chi connectivity index (χ0v) is 8.86. The van der Waals surface area contributed by atoms with Crippen molar-refractivity contribution in [2.75, 3.05) is 33.3 Å². The number of carbonyl (C=O) groups excluding carboxylic acids is 2. The Kier molecular flexibility index (Phi) is 4.51. The van der Waals surface area contributed by atoms with Crippen molar-refractivity contribution in [3.05, 3.63) is 0 Å². The normalized spacial score (nSPS) is 19.3. The van der Waals surface area contributed by atoms with Crippen LogP contribution in [0.3, 0.4) is 0 Å². The summed E-state index contributed by atoms with van der Waals surface area (Å²) in [5, 5.41) is 2.70. The van der Waals surface area contributed by atoms with Crippen molar-refractivity contribution in [1.82, 2.24) is 10.2 Å². The quantitative estimate of drug-likeness (QED) is 0.588. The van der Waals surface area contributed by atoms with Gasteiger partial charge in [-0.05, 0) is 0 Å². The van der Waals surface area contributed by atoms with E-state index in [-0.39, 0.29) is 18.4 Å². The minimum absolute atomic E-state index is 0.0213. The number of rotatable bonds is 3. The zero-order chi connectivity index (χ0) is 11.3. The van der Waals surface area contributed by atoms with Gasteiger partial charge in [-0.25, -0.2) is 0 Å². The molecule has 1 fully saturated rings. The molecule has 3 N–H and O–H groups in total. The Morgan fingerprint density at radius 1 is 1.67 bits per heavy atom. The van der Waals surface area contributed by atoms with Gasteiger partial charge < -0.3 is 20.7 Å². The van der Waals surface area contributed by atoms with Gasteiger partial charge in [0.1, 0.15) is 6.10 Å². The second-order valence-corrected chi connectivity index (χ2v) is 3.39. The zero-order valence-electron chi connectivity index (χ0n) is 8.86. The summed E-state index contributed by atoms with van der Waals surface area (Å²) in [4.78, 5) is 24.5. The summed E-state index contributed by atoms with van der Waals surface area (Å²) in [5.41, 5.74) is 5.40. The van der Waals surface area contributed by atoms with Crippen LogP contribution in [0.4, 0.5) is 0 Å². The second kappa shape index (κ2) is 5.67. The van der Waals surface area contributed by atoms with Crippen molar-refractivity contribution < 1.29 is 14.3 Å². The molecule has 15 heavy (non-hydrogen) atoms. The van der Waals surface area contributed by atoms with Crippen LogP contribution in [-0.2, 0) is 14.3 Å². The summed E-state index contributed by atoms with van der Waals surface area (Å²) >= 11 is 0. The van der Waals surface area contributed by atoms with E-state index in [1.165, 1.54) is 7.11 Å². The number of nitrogens with one attached hydrogen (secondary N) is 1. The topological polar surface area (TPSA) is 84.7 Å². The molecule has 0 spiro atoms. The molecule has 86 valence electrons. The average molecular weight is 215 g/mol. The third-order valence-corrected chi connectivity index (χ3v) is 2.40. The lowest BCUT2D eigenvalue weighted by Gasteiger charge is -2.23. The highest BCUT2D eigenvalue weighted by Crippen LogP contribution is 2.01. The molecular formula is C9H17N3O3. The first kappa shape index (κ1) is 11.9. The SMILES string of the molecule is COC(CN)C(=O)N1CCNC(=O)CC1. The van der Waals surface area contributed by atoms with Crippen LogP contribution < -0.4 is 11.1 Å². The first-order valence-electron chi connectivity index (χ1n) is 4.97. The van der Waals surface area contributed by atoms with Gasteiger partial charge in [-0.1, -0.05) is 0 Å². The van der Waals surface area contributed by atoms with Crippen LogP contribution >= 0.6 is 0 Å². The van der Waals surface area contributed by atoms with E-state index in [0.717, 1.165) is 0 Å². The fraction of sp³-hybridized carbons (Fsp3) is 0.778. The van der Waals surface area contributed by atoms with Gasteiger partial charge in [0.15, 0.2) is 0 Å². The number of amides is 2. The van der Waals surface area contributed by atoms with Crippen molar-refractivity contribution in [2.24, 2.45) is 5.73 Å². The molecular weight excluding hydrogens is 198 g/mol. The van der Waals surface area contributed by atoms with Crippen LogP contribution in [0.25, 0.3) is 0 Å². The standard InChI is InChI=1S/C9H17N3O3/c1-15-7(6-10)9(14)12-4-2-8(13)11-3-5-12/h7H,2-6,10H2,1H3,(H,11,13). The number of nitrogens with zero attached hydrogens (tertiary/aromatic N) is 1. The van der Waals surface area contributed by atoms with E-state index in [1.807, 2.05) is 0 Å². The molecule has 2 amide bonds. The second-order valence-electron chi connectivity index (χ2n) is 3.39. The Morgan fingerprint density at radius 3 is 3.00 bits per heavy atom. The van der Waals surface area contributed by atoms with Crippen LogP contribution in [-0.4, -0.2) is 56.1 Å². The number of hydrogen-bond acceptors (Lipinski definition) is 4. The van der Waals surface area contributed by atoms with Gasteiger partial charge in [0.25, 0.3) is 5.91 Å². The van der Waals surface area contributed by atoms with Crippen LogP contribution in [0.5, 0.6) is 0 Å². The average Bonchev–Trinajstić information content (AvgIpc) is 2.44. The van der Waals surface area contributed by atoms with Crippen molar-refractivity contribution in [3.8, 4) is 0 Å². The van der Waals surface area contributed by atoms with E-state index in [4.69, 9.17) is 10.5 Å². The first-order chi connectivity index (χ1) is 7.19. The first-order valence-corrected chi connectivity index (χ1v) is 4.97. The minimum atomic E-state index is -0.599. The van der Waals surface area contributed by atoms with Crippen molar-refractivity contribution in [3.63, 3.8) is 0 Å². The van der Waals surface area contributed by atoms with Crippen molar-refractivity contribution in [1.29, 1.82) is 0 Å². The molecule has 0 aromatic rings. The van der Waals surface area contributed by atoms with Crippen LogP contribution in [0.1, 0.15) is 6.42 Å². The molecule has 1 saturated heterocycles. The molecule has 1 aliphatic rings. The predicted octanol–water partition coefficient (Wildman–Crippen LogP) is -1.69. The van der Waals surface area contributed by atoms with E-state index in [2.05, 4.69) is 5.32 Å². The summed E-state index contributed by atoms with van der Waals surface area (Å²) in [7, 11) is 1.46. The third kappa shape index (κ3) is 3.17. The maximum absolute atomic E-state index is 11.8. The van der Waals surface area contributed by atoms with E-state index < -0.39 is 6.10 Å². The molecule has 0 saturated carbocycles. The fourth-order valence-corrected chi connectivity index (χ4v) is 1.49. The van der Waals surface area contributed by atoms with Gasteiger partial charge in [0.2, 0.25) is 5.91 Å². The summed E-state index contributed by atoms with van der Waals surface area (Å²) in [6, 6.07) is 0. The fourth-order valence-electron chi connectivity index (χ4n) is 1.49. The monoisotopic (exact) mass is 215 g/mol. The summed E-state index contributed by atoms with van der Waals surface area (Å²) in [5.74, 6) is -0.163. The molecule has 6 nitrogen and oxygen atoms in total. The Hall–Kier alpha value is -1.14. The van der Waals surface area contributed by atoms with Crippen molar-refractivity contribution >= 4 is 11.8 Å². The maximum atomic E-state index is 11.8. The van der Waals surface area contributed by atoms with Gasteiger partial charge in [-0.15, -0.1) is 0 Å². The number of hydrogen-bond donors (Lipinski definition) is 2. The third-order valence-electron chi connectivity index (χ3n) is 2.40. The summed E-state index contributed by atoms with van der Waals surface area (Å²) in [6.45, 7) is 1.60. The summed E-state index contributed by atoms with van der Waals surface area (Å²) in [6.07, 6.45) is -0.259. The molecule has 1 unspecified atom stereocenters. The Balaban J connectivity index is 2.54. The lowest BCUT2D eigenvalue weighted by atomic mass is 10.3. The molecule has 1 heterocycles. The van der Waals surface area contributed by atoms with E-state index >= 15 is 0 Å². The number of carbonyl (C=O) groups is 2. The van der Waals surface area contributed by atoms with Gasteiger partial charge in [0, 0.05) is 39.7 Å². The van der Waals surface area contributed by atoms with Crippen LogP contribution in [0, 0.1) is 0 Å². The molecule has 1 aliphatic heterocycles. The highest BCUT2D eigenvalue weighted by molar-refractivity contribution is 5.83. The molecule has 1 atom stereocenters. The Labute approximate surface area is 88.7 Å². The lowest BCUT2D eigenvalue weighted by molar-refractivity contribution is -0.141. The van der Waals surface area contributed by atoms with Gasteiger partial charge in [0.05, 0.1) is 0 Å². The minimum Gasteiger partial charge on any atom is -0.370 e. The number of ether oxygens (including phenoxy) is 1. The largest absolute Gasteiger partial charge is 0.370 e. The Bertz CT molecular complexity index is 241. The van der Waals surface area contributed by atoms with Crippen molar-refractivity contribution in [2.45, 2.75) is 12.5 Å².